The van der Waals surface area contributed by atoms with Crippen LogP contribution in [-0.4, -0.2) is 36.6 Å². The molecule has 0 aliphatic carbocycles. The van der Waals surface area contributed by atoms with Crippen molar-refractivity contribution in [3.05, 3.63) is 0 Å². The van der Waals surface area contributed by atoms with Gasteiger partial charge in [-0.05, 0) is 0 Å². The van der Waals surface area contributed by atoms with Crippen molar-refractivity contribution in [1.29, 1.82) is 0 Å². The standard InChI is InChI=1S/C4H10O3.BrH.ClH.2K/c5-1-3-7-4-2-6;;;;/h5-6H,1-4H2;2*1H;;/q;;;2*+1/p-2. The fourth-order valence-corrected chi connectivity index (χ4v) is 0.231. The van der Waals surface area contributed by atoms with Gasteiger partial charge in [0.25, 0.3) is 0 Å². The molecular weight excluding hydrogens is 290 g/mol. The molecule has 7 heteroatoms. The first kappa shape index (κ1) is 29.4. The van der Waals surface area contributed by atoms with Crippen LogP contribution in [0.4, 0.5) is 0 Å². The van der Waals surface area contributed by atoms with Crippen LogP contribution in [0.3, 0.4) is 0 Å². The molecule has 11 heavy (non-hydrogen) atoms. The number of aliphatic hydroxyl groups is 2. The molecule has 3 nitrogen and oxygen atoms in total. The maximum absolute atomic E-state index is 8.09. The van der Waals surface area contributed by atoms with Crippen molar-refractivity contribution >= 4 is 0 Å². The largest absolute Gasteiger partial charge is 1.00 e. The molecule has 0 aromatic rings. The van der Waals surface area contributed by atoms with Gasteiger partial charge in [0.1, 0.15) is 0 Å². The van der Waals surface area contributed by atoms with Gasteiger partial charge in [0.2, 0.25) is 0 Å². The predicted octanol–water partition coefficient (Wildman–Crippen LogP) is -13.0. The summed E-state index contributed by atoms with van der Waals surface area (Å²) in [5, 5.41) is 16.2. The molecular formula is C4H10BrClK2O3. The van der Waals surface area contributed by atoms with E-state index in [4.69, 9.17) is 10.2 Å². The zero-order valence-corrected chi connectivity index (χ0v) is 15.5. The predicted molar refractivity (Wildman–Crippen MR) is 25.0 cm³/mol. The summed E-state index contributed by atoms with van der Waals surface area (Å²) < 4.78 is 4.63. The van der Waals surface area contributed by atoms with Crippen molar-refractivity contribution in [2.45, 2.75) is 0 Å². The maximum atomic E-state index is 8.09. The SMILES string of the molecule is OCCOCCO.[Br-].[Cl-].[K+].[K+]. The van der Waals surface area contributed by atoms with Crippen molar-refractivity contribution in [3.63, 3.8) is 0 Å². The Labute approximate surface area is 169 Å². The Kier molecular flexibility index (Phi) is 78.0. The Bertz CT molecular complexity index is 42.5. The van der Waals surface area contributed by atoms with Crippen LogP contribution < -0.4 is 132 Å². The number of hydrogen-bond acceptors (Lipinski definition) is 3. The van der Waals surface area contributed by atoms with E-state index >= 15 is 0 Å². The molecule has 0 fully saturated rings. The van der Waals surface area contributed by atoms with E-state index in [1.165, 1.54) is 0 Å². The normalized spacial score (nSPS) is 6.00. The third-order valence-corrected chi connectivity index (χ3v) is 0.471. The first-order valence-corrected chi connectivity index (χ1v) is 2.21. The van der Waals surface area contributed by atoms with Gasteiger partial charge in [0.15, 0.2) is 0 Å². The Morgan fingerprint density at radius 3 is 1.36 bits per heavy atom. The van der Waals surface area contributed by atoms with E-state index in [0.717, 1.165) is 0 Å². The summed E-state index contributed by atoms with van der Waals surface area (Å²) in [5.74, 6) is 0. The Morgan fingerprint density at radius 2 is 1.18 bits per heavy atom. The summed E-state index contributed by atoms with van der Waals surface area (Å²) in [7, 11) is 0. The average Bonchev–Trinajstić information content (AvgIpc) is 1.69. The Balaban J connectivity index is -0.0000000300. The summed E-state index contributed by atoms with van der Waals surface area (Å²) in [5.41, 5.74) is 0. The molecule has 0 rings (SSSR count). The van der Waals surface area contributed by atoms with E-state index < -0.39 is 0 Å². The first-order chi connectivity index (χ1) is 3.41. The Hall–Kier alpha value is 3.92. The van der Waals surface area contributed by atoms with Crippen molar-refractivity contribution in [2.24, 2.45) is 0 Å². The maximum Gasteiger partial charge on any atom is 1.00 e. The molecule has 0 aliphatic heterocycles. The van der Waals surface area contributed by atoms with E-state index in [1.54, 1.807) is 0 Å². The van der Waals surface area contributed by atoms with Gasteiger partial charge in [-0.25, -0.2) is 0 Å². The van der Waals surface area contributed by atoms with Crippen molar-refractivity contribution < 1.29 is 147 Å². The summed E-state index contributed by atoms with van der Waals surface area (Å²) >= 11 is 0. The number of hydrogen-bond donors (Lipinski definition) is 2. The second kappa shape index (κ2) is 29.2. The second-order valence-corrected chi connectivity index (χ2v) is 1.06. The number of ether oxygens (including phenoxy) is 1. The molecule has 0 radical (unpaired) electrons. The van der Waals surface area contributed by atoms with Crippen LogP contribution in [0.2, 0.25) is 0 Å². The van der Waals surface area contributed by atoms with Gasteiger partial charge in [-0.2, -0.15) is 0 Å². The molecule has 0 aromatic heterocycles. The third kappa shape index (κ3) is 31.5. The van der Waals surface area contributed by atoms with Crippen molar-refractivity contribution in [1.82, 2.24) is 0 Å². The van der Waals surface area contributed by atoms with Crippen molar-refractivity contribution in [3.8, 4) is 0 Å². The number of rotatable bonds is 4. The van der Waals surface area contributed by atoms with Gasteiger partial charge in [-0.1, -0.05) is 0 Å². The molecule has 0 amide bonds. The fraction of sp³-hybridized carbons (Fsp3) is 1.00. The molecule has 0 saturated heterocycles. The van der Waals surface area contributed by atoms with Crippen LogP contribution in [0.1, 0.15) is 0 Å². The third-order valence-electron chi connectivity index (χ3n) is 0.471. The first-order valence-electron chi connectivity index (χ1n) is 2.21. The molecule has 0 spiro atoms. The molecule has 0 aliphatic rings. The average molecular weight is 300 g/mol. The van der Waals surface area contributed by atoms with E-state index in [1.807, 2.05) is 0 Å². The molecule has 0 aromatic carbocycles. The van der Waals surface area contributed by atoms with Crippen LogP contribution in [0.25, 0.3) is 0 Å². The zero-order chi connectivity index (χ0) is 5.54. The summed E-state index contributed by atoms with van der Waals surface area (Å²) in [4.78, 5) is 0. The molecule has 60 valence electrons. The number of aliphatic hydroxyl groups excluding tert-OH is 2. The van der Waals surface area contributed by atoms with Crippen LogP contribution in [0, 0.1) is 0 Å². The smallest absolute Gasteiger partial charge is 1.00 e. The van der Waals surface area contributed by atoms with Crippen LogP contribution in [0.15, 0.2) is 0 Å². The van der Waals surface area contributed by atoms with Crippen molar-refractivity contribution in [2.75, 3.05) is 26.4 Å². The van der Waals surface area contributed by atoms with Crippen LogP contribution in [-0.2, 0) is 4.74 Å². The molecule has 0 bridgehead atoms. The quantitative estimate of drug-likeness (QED) is 0.400. The monoisotopic (exact) mass is 298 g/mol. The fourth-order valence-electron chi connectivity index (χ4n) is 0.231. The summed E-state index contributed by atoms with van der Waals surface area (Å²) in [6.45, 7) is 0.696. The minimum atomic E-state index is 0. The van der Waals surface area contributed by atoms with E-state index in [9.17, 15) is 0 Å². The second-order valence-electron chi connectivity index (χ2n) is 1.06. The molecule has 0 unspecified atom stereocenters. The van der Waals surface area contributed by atoms with Gasteiger partial charge in [0, 0.05) is 0 Å². The zero-order valence-electron chi connectivity index (χ0n) is 6.89. The summed E-state index contributed by atoms with van der Waals surface area (Å²) in [6.07, 6.45) is 0. The van der Waals surface area contributed by atoms with E-state index in [-0.39, 0.29) is 145 Å². The number of halogens is 2. The van der Waals surface area contributed by atoms with Gasteiger partial charge in [-0.15, -0.1) is 0 Å². The molecule has 0 saturated carbocycles. The molecule has 0 heterocycles. The minimum absolute atomic E-state index is 0. The topological polar surface area (TPSA) is 49.7 Å². The summed E-state index contributed by atoms with van der Waals surface area (Å²) in [6, 6.07) is 0. The van der Waals surface area contributed by atoms with Crippen LogP contribution >= 0.6 is 0 Å². The van der Waals surface area contributed by atoms with Crippen LogP contribution in [0.5, 0.6) is 0 Å². The van der Waals surface area contributed by atoms with E-state index in [2.05, 4.69) is 4.74 Å². The van der Waals surface area contributed by atoms with Gasteiger partial charge in [-0.3, -0.25) is 0 Å². The Morgan fingerprint density at radius 1 is 0.909 bits per heavy atom. The van der Waals surface area contributed by atoms with E-state index in [0.29, 0.717) is 13.2 Å². The minimum Gasteiger partial charge on any atom is -1.00 e. The van der Waals surface area contributed by atoms with Gasteiger partial charge in [0.05, 0.1) is 26.4 Å². The molecule has 2 N–H and O–H groups in total. The van der Waals surface area contributed by atoms with Gasteiger partial charge < -0.3 is 44.3 Å². The van der Waals surface area contributed by atoms with Gasteiger partial charge >= 0.3 is 103 Å². The molecule has 0 atom stereocenters.